The molecule has 0 amide bonds. The molecule has 0 aromatic carbocycles. The number of allylic oxidation sites excluding steroid dienone is 1. The third-order valence-corrected chi connectivity index (χ3v) is 1.41. The van der Waals surface area contributed by atoms with Gasteiger partial charge in [-0.05, 0) is 11.0 Å². The Morgan fingerprint density at radius 2 is 1.82 bits per heavy atom. The summed E-state index contributed by atoms with van der Waals surface area (Å²) in [6, 6.07) is 0. The summed E-state index contributed by atoms with van der Waals surface area (Å²) < 4.78 is 0. The van der Waals surface area contributed by atoms with Crippen LogP contribution >= 0.6 is 0 Å². The molecule has 0 saturated heterocycles. The van der Waals surface area contributed by atoms with Crippen LogP contribution in [0.1, 0.15) is 20.8 Å². The quantitative estimate of drug-likeness (QED) is 0.439. The van der Waals surface area contributed by atoms with Crippen LogP contribution in [0.15, 0.2) is 17.3 Å². The smallest absolute Gasteiger partial charge is 0.0501 e. The summed E-state index contributed by atoms with van der Waals surface area (Å²) in [5, 5.41) is 5.86. The third kappa shape index (κ3) is 4.59. The van der Waals surface area contributed by atoms with Crippen molar-refractivity contribution in [3.8, 4) is 0 Å². The SMILES string of the molecule is C=C(C=NN(C)C)C(C)(C)C. The molecule has 0 aromatic heterocycles. The Kier molecular flexibility index (Phi) is 3.30. The van der Waals surface area contributed by atoms with Crippen molar-refractivity contribution < 1.29 is 0 Å². The minimum Gasteiger partial charge on any atom is -0.303 e. The predicted octanol–water partition coefficient (Wildman–Crippen LogP) is 2.14. The molecule has 0 spiro atoms. The molecule has 0 heterocycles. The topological polar surface area (TPSA) is 15.6 Å². The van der Waals surface area contributed by atoms with E-state index in [4.69, 9.17) is 0 Å². The van der Waals surface area contributed by atoms with Crippen molar-refractivity contribution in [1.29, 1.82) is 0 Å². The van der Waals surface area contributed by atoms with Gasteiger partial charge >= 0.3 is 0 Å². The van der Waals surface area contributed by atoms with Crippen LogP contribution < -0.4 is 0 Å². The van der Waals surface area contributed by atoms with Crippen molar-refractivity contribution in [2.75, 3.05) is 14.1 Å². The van der Waals surface area contributed by atoms with E-state index in [1.807, 2.05) is 14.1 Å². The zero-order valence-corrected chi connectivity index (χ0v) is 8.18. The van der Waals surface area contributed by atoms with E-state index >= 15 is 0 Å². The average Bonchev–Trinajstić information content (AvgIpc) is 1.80. The molecule has 0 aliphatic carbocycles. The van der Waals surface area contributed by atoms with Crippen molar-refractivity contribution in [2.45, 2.75) is 20.8 Å². The Bertz CT molecular complexity index is 161. The lowest BCUT2D eigenvalue weighted by Gasteiger charge is -2.18. The molecule has 0 aliphatic heterocycles. The first-order valence-electron chi connectivity index (χ1n) is 3.74. The van der Waals surface area contributed by atoms with E-state index < -0.39 is 0 Å². The molecular formula is C9H18N2. The predicted molar refractivity (Wildman–Crippen MR) is 50.8 cm³/mol. The van der Waals surface area contributed by atoms with E-state index in [9.17, 15) is 0 Å². The Morgan fingerprint density at radius 3 is 2.09 bits per heavy atom. The largest absolute Gasteiger partial charge is 0.303 e. The Morgan fingerprint density at radius 1 is 1.36 bits per heavy atom. The lowest BCUT2D eigenvalue weighted by atomic mass is 9.88. The maximum Gasteiger partial charge on any atom is 0.0501 e. The molecular weight excluding hydrogens is 136 g/mol. The highest BCUT2D eigenvalue weighted by Gasteiger charge is 2.12. The lowest BCUT2D eigenvalue weighted by molar-refractivity contribution is 0.437. The van der Waals surface area contributed by atoms with E-state index in [0.717, 1.165) is 5.57 Å². The van der Waals surface area contributed by atoms with Crippen LogP contribution in [0.25, 0.3) is 0 Å². The molecule has 0 saturated carbocycles. The molecule has 0 aliphatic rings. The van der Waals surface area contributed by atoms with Crippen LogP contribution in [0.5, 0.6) is 0 Å². The highest BCUT2D eigenvalue weighted by atomic mass is 15.4. The highest BCUT2D eigenvalue weighted by Crippen LogP contribution is 2.21. The van der Waals surface area contributed by atoms with Crippen molar-refractivity contribution in [3.63, 3.8) is 0 Å². The molecule has 0 bridgehead atoms. The van der Waals surface area contributed by atoms with Crippen LogP contribution in [0, 0.1) is 5.41 Å². The van der Waals surface area contributed by atoms with Crippen molar-refractivity contribution in [3.05, 3.63) is 12.2 Å². The van der Waals surface area contributed by atoms with Crippen molar-refractivity contribution in [1.82, 2.24) is 5.01 Å². The van der Waals surface area contributed by atoms with Crippen LogP contribution in [-0.2, 0) is 0 Å². The molecule has 64 valence electrons. The van der Waals surface area contributed by atoms with Gasteiger partial charge in [0.25, 0.3) is 0 Å². The number of nitrogens with zero attached hydrogens (tertiary/aromatic N) is 2. The van der Waals surface area contributed by atoms with Crippen LogP contribution in [-0.4, -0.2) is 25.3 Å². The molecule has 0 rings (SSSR count). The summed E-state index contributed by atoms with van der Waals surface area (Å²) in [7, 11) is 3.79. The highest BCUT2D eigenvalue weighted by molar-refractivity contribution is 5.78. The minimum absolute atomic E-state index is 0.125. The Balaban J connectivity index is 4.09. The van der Waals surface area contributed by atoms with Gasteiger partial charge in [-0.3, -0.25) is 0 Å². The van der Waals surface area contributed by atoms with Gasteiger partial charge < -0.3 is 5.01 Å². The Labute approximate surface area is 69.6 Å². The van der Waals surface area contributed by atoms with Gasteiger partial charge in [-0.2, -0.15) is 5.10 Å². The molecule has 2 heteroatoms. The van der Waals surface area contributed by atoms with Gasteiger partial charge in [-0.15, -0.1) is 0 Å². The zero-order valence-electron chi connectivity index (χ0n) is 8.18. The number of hydrogen-bond donors (Lipinski definition) is 0. The lowest BCUT2D eigenvalue weighted by Crippen LogP contribution is -2.11. The molecule has 0 aromatic rings. The summed E-state index contributed by atoms with van der Waals surface area (Å²) in [5.41, 5.74) is 1.17. The zero-order chi connectivity index (χ0) is 9.07. The normalized spacial score (nSPS) is 12.1. The van der Waals surface area contributed by atoms with Gasteiger partial charge in [0.1, 0.15) is 0 Å². The molecule has 0 radical (unpaired) electrons. The minimum atomic E-state index is 0.125. The van der Waals surface area contributed by atoms with E-state index in [1.54, 1.807) is 11.2 Å². The maximum atomic E-state index is 4.10. The second-order valence-electron chi connectivity index (χ2n) is 3.87. The standard InChI is InChI=1S/C9H18N2/c1-8(9(2,3)4)7-10-11(5)6/h7H,1H2,2-6H3. The van der Waals surface area contributed by atoms with E-state index in [0.29, 0.717) is 0 Å². The monoisotopic (exact) mass is 154 g/mol. The van der Waals surface area contributed by atoms with Gasteiger partial charge in [0.2, 0.25) is 0 Å². The summed E-state index contributed by atoms with van der Waals surface area (Å²) in [6.45, 7) is 10.3. The Hall–Kier alpha value is -0.790. The number of hydrazone groups is 1. The second-order valence-corrected chi connectivity index (χ2v) is 3.87. The first kappa shape index (κ1) is 10.2. The van der Waals surface area contributed by atoms with Gasteiger partial charge in [0.05, 0.1) is 6.21 Å². The molecule has 0 atom stereocenters. The van der Waals surface area contributed by atoms with E-state index in [-0.39, 0.29) is 5.41 Å². The fourth-order valence-electron chi connectivity index (χ4n) is 0.379. The molecule has 0 fully saturated rings. The van der Waals surface area contributed by atoms with Crippen LogP contribution in [0.4, 0.5) is 0 Å². The molecule has 11 heavy (non-hydrogen) atoms. The molecule has 0 unspecified atom stereocenters. The number of hydrogen-bond acceptors (Lipinski definition) is 2. The third-order valence-electron chi connectivity index (χ3n) is 1.41. The summed E-state index contributed by atoms with van der Waals surface area (Å²) in [6.07, 6.45) is 1.81. The first-order valence-corrected chi connectivity index (χ1v) is 3.74. The van der Waals surface area contributed by atoms with Gasteiger partial charge in [-0.1, -0.05) is 27.4 Å². The summed E-state index contributed by atoms with van der Waals surface area (Å²) >= 11 is 0. The average molecular weight is 154 g/mol. The summed E-state index contributed by atoms with van der Waals surface area (Å²) in [5.74, 6) is 0. The van der Waals surface area contributed by atoms with Crippen molar-refractivity contribution in [2.24, 2.45) is 10.5 Å². The van der Waals surface area contributed by atoms with Crippen LogP contribution in [0.2, 0.25) is 0 Å². The van der Waals surface area contributed by atoms with Gasteiger partial charge in [0.15, 0.2) is 0 Å². The van der Waals surface area contributed by atoms with E-state index in [1.165, 1.54) is 0 Å². The van der Waals surface area contributed by atoms with E-state index in [2.05, 4.69) is 32.5 Å². The number of rotatable bonds is 2. The maximum absolute atomic E-state index is 4.10. The fraction of sp³-hybridized carbons (Fsp3) is 0.667. The first-order chi connectivity index (χ1) is 4.84. The van der Waals surface area contributed by atoms with Gasteiger partial charge in [-0.25, -0.2) is 0 Å². The summed E-state index contributed by atoms with van der Waals surface area (Å²) in [4.78, 5) is 0. The second kappa shape index (κ2) is 3.56. The van der Waals surface area contributed by atoms with Gasteiger partial charge in [0, 0.05) is 14.1 Å². The van der Waals surface area contributed by atoms with Crippen LogP contribution in [0.3, 0.4) is 0 Å². The fourth-order valence-corrected chi connectivity index (χ4v) is 0.379. The van der Waals surface area contributed by atoms with Crippen molar-refractivity contribution >= 4 is 6.21 Å². The molecule has 2 nitrogen and oxygen atoms in total. The molecule has 0 N–H and O–H groups in total.